The molecule has 0 amide bonds. The molecule has 15 heavy (non-hydrogen) atoms. The Kier molecular flexibility index (Phi) is 3.61. The van der Waals surface area contributed by atoms with Crippen LogP contribution in [0.25, 0.3) is 0 Å². The summed E-state index contributed by atoms with van der Waals surface area (Å²) in [6, 6.07) is 0. The van der Waals surface area contributed by atoms with Crippen LogP contribution >= 0.6 is 0 Å². The zero-order chi connectivity index (χ0) is 10.7. The van der Waals surface area contributed by atoms with Crippen molar-refractivity contribution in [2.24, 2.45) is 0 Å². The normalized spacial score (nSPS) is 29.2. The predicted octanol–water partition coefficient (Wildman–Crippen LogP) is 1.33. The lowest BCUT2D eigenvalue weighted by molar-refractivity contribution is -0.214. The molecule has 0 aliphatic carbocycles. The average molecular weight is 216 g/mol. The van der Waals surface area contributed by atoms with Gasteiger partial charge in [-0.3, -0.25) is 0 Å². The molecule has 0 radical (unpaired) electrons. The van der Waals surface area contributed by atoms with Gasteiger partial charge in [0, 0.05) is 0 Å². The van der Waals surface area contributed by atoms with Crippen molar-refractivity contribution in [3.8, 4) is 0 Å². The van der Waals surface area contributed by atoms with E-state index in [9.17, 15) is 0 Å². The first-order valence-corrected chi connectivity index (χ1v) is 5.67. The van der Waals surface area contributed by atoms with Crippen LogP contribution in [0.3, 0.4) is 0 Å². The topological polar surface area (TPSA) is 43.5 Å². The number of hydrogen-bond acceptors (Lipinski definition) is 4. The number of rotatable bonds is 8. The summed E-state index contributed by atoms with van der Waals surface area (Å²) >= 11 is 0. The van der Waals surface area contributed by atoms with Gasteiger partial charge in [-0.25, -0.2) is 0 Å². The van der Waals surface area contributed by atoms with Gasteiger partial charge in [-0.15, -0.1) is 0 Å². The van der Waals surface area contributed by atoms with Gasteiger partial charge in [0.15, 0.2) is 5.79 Å². The highest BCUT2D eigenvalue weighted by Gasteiger charge is 2.26. The Bertz CT molecular complexity index is 177. The Morgan fingerprint density at radius 3 is 1.73 bits per heavy atom. The molecular weight excluding hydrogens is 196 g/mol. The highest BCUT2D eigenvalue weighted by atomic mass is 16.7. The highest BCUT2D eigenvalue weighted by molar-refractivity contribution is 4.70. The summed E-state index contributed by atoms with van der Waals surface area (Å²) in [6.45, 7) is 7.10. The summed E-state index contributed by atoms with van der Waals surface area (Å²) in [5.74, 6) is -0.482. The minimum atomic E-state index is -0.482. The van der Waals surface area contributed by atoms with Gasteiger partial charge in [0.1, 0.15) is 0 Å². The van der Waals surface area contributed by atoms with Crippen molar-refractivity contribution in [2.45, 2.75) is 44.7 Å². The molecule has 4 nitrogen and oxygen atoms in total. The van der Waals surface area contributed by atoms with Crippen molar-refractivity contribution in [2.75, 3.05) is 26.4 Å². The van der Waals surface area contributed by atoms with Crippen molar-refractivity contribution in [1.82, 2.24) is 0 Å². The van der Waals surface area contributed by atoms with E-state index >= 15 is 0 Å². The largest absolute Gasteiger partial charge is 0.373 e. The summed E-state index contributed by atoms with van der Waals surface area (Å²) in [5, 5.41) is 0. The second kappa shape index (κ2) is 4.78. The predicted molar refractivity (Wildman–Crippen MR) is 54.7 cm³/mol. The summed E-state index contributed by atoms with van der Waals surface area (Å²) in [6.07, 6.45) is 2.80. The molecule has 2 heterocycles. The van der Waals surface area contributed by atoms with E-state index in [1.54, 1.807) is 0 Å². The molecule has 2 rings (SSSR count). The van der Waals surface area contributed by atoms with Crippen LogP contribution in [0.4, 0.5) is 0 Å². The van der Waals surface area contributed by atoms with E-state index in [0.717, 1.165) is 26.1 Å². The van der Waals surface area contributed by atoms with Crippen LogP contribution in [0.2, 0.25) is 0 Å². The van der Waals surface area contributed by atoms with Crippen LogP contribution in [-0.4, -0.2) is 44.4 Å². The summed E-state index contributed by atoms with van der Waals surface area (Å²) in [5.41, 5.74) is 0. The molecule has 0 bridgehead atoms. The van der Waals surface area contributed by atoms with Gasteiger partial charge in [0.2, 0.25) is 0 Å². The lowest BCUT2D eigenvalue weighted by atomic mass is 10.3. The van der Waals surface area contributed by atoms with E-state index in [0.29, 0.717) is 25.4 Å². The van der Waals surface area contributed by atoms with Crippen LogP contribution in [-0.2, 0) is 18.9 Å². The third-order valence-corrected chi connectivity index (χ3v) is 2.58. The fourth-order valence-corrected chi connectivity index (χ4v) is 1.38. The molecule has 2 aliphatic heterocycles. The quantitative estimate of drug-likeness (QED) is 0.453. The van der Waals surface area contributed by atoms with Gasteiger partial charge in [-0.1, -0.05) is 0 Å². The maximum absolute atomic E-state index is 5.64. The number of epoxide rings is 2. The molecule has 88 valence electrons. The first-order chi connectivity index (χ1) is 7.16. The smallest absolute Gasteiger partial charge is 0.162 e. The highest BCUT2D eigenvalue weighted by Crippen LogP contribution is 2.19. The maximum Gasteiger partial charge on any atom is 0.162 e. The van der Waals surface area contributed by atoms with Gasteiger partial charge in [-0.05, 0) is 26.7 Å². The third-order valence-electron chi connectivity index (χ3n) is 2.58. The fraction of sp³-hybridized carbons (Fsp3) is 1.00. The summed E-state index contributed by atoms with van der Waals surface area (Å²) in [7, 11) is 0. The van der Waals surface area contributed by atoms with Gasteiger partial charge >= 0.3 is 0 Å². The monoisotopic (exact) mass is 216 g/mol. The first kappa shape index (κ1) is 11.3. The lowest BCUT2D eigenvalue weighted by Crippen LogP contribution is -2.30. The van der Waals surface area contributed by atoms with Crippen LogP contribution < -0.4 is 0 Å². The number of ether oxygens (including phenoxy) is 4. The summed E-state index contributed by atoms with van der Waals surface area (Å²) in [4.78, 5) is 0. The minimum absolute atomic E-state index is 0.431. The van der Waals surface area contributed by atoms with E-state index in [4.69, 9.17) is 18.9 Å². The Labute approximate surface area is 90.8 Å². The molecule has 0 aromatic heterocycles. The minimum Gasteiger partial charge on any atom is -0.373 e. The molecule has 2 atom stereocenters. The third kappa shape index (κ3) is 4.93. The molecule has 0 saturated carbocycles. The Balaban J connectivity index is 1.50. The van der Waals surface area contributed by atoms with Gasteiger partial charge < -0.3 is 18.9 Å². The molecule has 0 aromatic carbocycles. The molecule has 0 N–H and O–H groups in total. The summed E-state index contributed by atoms with van der Waals surface area (Å²) < 4.78 is 21.5. The van der Waals surface area contributed by atoms with Crippen LogP contribution in [0.5, 0.6) is 0 Å². The van der Waals surface area contributed by atoms with Crippen molar-refractivity contribution in [3.05, 3.63) is 0 Å². The zero-order valence-corrected chi connectivity index (χ0v) is 9.53. The van der Waals surface area contributed by atoms with Crippen molar-refractivity contribution in [3.63, 3.8) is 0 Å². The van der Waals surface area contributed by atoms with Gasteiger partial charge in [0.25, 0.3) is 0 Å². The first-order valence-electron chi connectivity index (χ1n) is 5.67. The SMILES string of the molecule is CC(C)(OCCC1CO1)OCCC1CO1. The van der Waals surface area contributed by atoms with Crippen molar-refractivity contribution < 1.29 is 18.9 Å². The molecule has 4 heteroatoms. The van der Waals surface area contributed by atoms with Crippen molar-refractivity contribution >= 4 is 0 Å². The van der Waals surface area contributed by atoms with E-state index in [1.807, 2.05) is 13.8 Å². The van der Waals surface area contributed by atoms with E-state index in [-0.39, 0.29) is 0 Å². The van der Waals surface area contributed by atoms with Crippen LogP contribution in [0.15, 0.2) is 0 Å². The molecule has 2 unspecified atom stereocenters. The van der Waals surface area contributed by atoms with Crippen molar-refractivity contribution in [1.29, 1.82) is 0 Å². The second-order valence-corrected chi connectivity index (χ2v) is 4.58. The van der Waals surface area contributed by atoms with Gasteiger partial charge in [-0.2, -0.15) is 0 Å². The Morgan fingerprint density at radius 1 is 1.00 bits per heavy atom. The van der Waals surface area contributed by atoms with Gasteiger partial charge in [0.05, 0.1) is 38.6 Å². The van der Waals surface area contributed by atoms with Crippen LogP contribution in [0, 0.1) is 0 Å². The molecule has 0 aromatic rings. The molecular formula is C11H20O4. The Hall–Kier alpha value is -0.160. The lowest BCUT2D eigenvalue weighted by Gasteiger charge is -2.25. The standard InChI is InChI=1S/C11H20O4/c1-11(2,14-5-3-9-7-12-9)15-6-4-10-8-13-10/h9-10H,3-8H2,1-2H3. The van der Waals surface area contributed by atoms with E-state index in [2.05, 4.69) is 0 Å². The zero-order valence-electron chi connectivity index (χ0n) is 9.53. The van der Waals surface area contributed by atoms with Crippen LogP contribution in [0.1, 0.15) is 26.7 Å². The molecule has 2 saturated heterocycles. The molecule has 2 aliphatic rings. The average Bonchev–Trinajstić information content (AvgIpc) is 2.97. The van der Waals surface area contributed by atoms with E-state index < -0.39 is 5.79 Å². The molecule has 0 spiro atoms. The van der Waals surface area contributed by atoms with E-state index in [1.165, 1.54) is 0 Å². The Morgan fingerprint density at radius 2 is 1.40 bits per heavy atom. The molecule has 2 fully saturated rings. The second-order valence-electron chi connectivity index (χ2n) is 4.58. The fourth-order valence-electron chi connectivity index (χ4n) is 1.38. The maximum atomic E-state index is 5.64. The number of hydrogen-bond donors (Lipinski definition) is 0.